The summed E-state index contributed by atoms with van der Waals surface area (Å²) in [4.78, 5) is 23.7. The van der Waals surface area contributed by atoms with Crippen LogP contribution in [-0.2, 0) is 14.3 Å². The summed E-state index contributed by atoms with van der Waals surface area (Å²) >= 11 is 0. The molecule has 0 aromatic heterocycles. The maximum Gasteiger partial charge on any atom is 0.249 e. The van der Waals surface area contributed by atoms with Gasteiger partial charge in [0, 0.05) is 18.2 Å². The number of hydrogen-bond acceptors (Lipinski definition) is 3. The molecule has 118 valence electrons. The van der Waals surface area contributed by atoms with E-state index in [4.69, 9.17) is 4.74 Å². The maximum atomic E-state index is 12.0. The predicted molar refractivity (Wildman–Crippen MR) is 83.3 cm³/mol. The summed E-state index contributed by atoms with van der Waals surface area (Å²) in [7, 11) is 0. The van der Waals surface area contributed by atoms with Crippen LogP contribution in [0.25, 0.3) is 0 Å². The van der Waals surface area contributed by atoms with Crippen molar-refractivity contribution < 1.29 is 14.3 Å². The van der Waals surface area contributed by atoms with Crippen molar-refractivity contribution in [3.63, 3.8) is 0 Å². The molecule has 2 N–H and O–H groups in total. The molecular weight excluding hydrogens is 280 g/mol. The first-order valence-corrected chi connectivity index (χ1v) is 7.96. The van der Waals surface area contributed by atoms with Gasteiger partial charge in [0.1, 0.15) is 6.10 Å². The van der Waals surface area contributed by atoms with Crippen LogP contribution < -0.4 is 10.6 Å². The summed E-state index contributed by atoms with van der Waals surface area (Å²) < 4.78 is 5.38. The summed E-state index contributed by atoms with van der Waals surface area (Å²) in [6, 6.07) is 7.55. The highest BCUT2D eigenvalue weighted by Gasteiger charge is 2.29. The first-order chi connectivity index (χ1) is 10.6. The zero-order valence-electron chi connectivity index (χ0n) is 12.8. The number of hydrogen-bond donors (Lipinski definition) is 2. The quantitative estimate of drug-likeness (QED) is 0.877. The third kappa shape index (κ3) is 3.65. The smallest absolute Gasteiger partial charge is 0.249 e. The number of amides is 2. The van der Waals surface area contributed by atoms with E-state index >= 15 is 0 Å². The van der Waals surface area contributed by atoms with Crippen molar-refractivity contribution in [2.24, 2.45) is 5.92 Å². The minimum atomic E-state index is -0.306. The van der Waals surface area contributed by atoms with Gasteiger partial charge in [0.15, 0.2) is 0 Å². The average molecular weight is 302 g/mol. The van der Waals surface area contributed by atoms with Gasteiger partial charge in [-0.15, -0.1) is 0 Å². The molecule has 2 amide bonds. The third-order valence-corrected chi connectivity index (χ3v) is 4.21. The van der Waals surface area contributed by atoms with Gasteiger partial charge in [0.05, 0.1) is 6.04 Å². The Morgan fingerprint density at radius 3 is 2.45 bits per heavy atom. The molecule has 22 heavy (non-hydrogen) atoms. The number of rotatable bonds is 5. The Kier molecular flexibility index (Phi) is 4.43. The fourth-order valence-electron chi connectivity index (χ4n) is 2.62. The highest BCUT2D eigenvalue weighted by atomic mass is 16.5. The fraction of sp³-hybridized carbons (Fsp3) is 0.529. The van der Waals surface area contributed by atoms with Gasteiger partial charge in [-0.25, -0.2) is 0 Å². The van der Waals surface area contributed by atoms with Gasteiger partial charge in [0.2, 0.25) is 11.8 Å². The van der Waals surface area contributed by atoms with E-state index in [0.29, 0.717) is 6.61 Å². The summed E-state index contributed by atoms with van der Waals surface area (Å²) in [5.41, 5.74) is 1.81. The van der Waals surface area contributed by atoms with E-state index in [1.807, 2.05) is 31.2 Å². The van der Waals surface area contributed by atoms with E-state index in [2.05, 4.69) is 10.6 Å². The monoisotopic (exact) mass is 302 g/mol. The van der Waals surface area contributed by atoms with Crippen LogP contribution in [0.1, 0.15) is 44.2 Å². The van der Waals surface area contributed by atoms with Crippen molar-refractivity contribution in [1.29, 1.82) is 0 Å². The molecule has 0 spiro atoms. The van der Waals surface area contributed by atoms with Crippen LogP contribution in [-0.4, -0.2) is 24.5 Å². The predicted octanol–water partition coefficient (Wildman–Crippen LogP) is 2.39. The summed E-state index contributed by atoms with van der Waals surface area (Å²) in [5, 5.41) is 5.88. The number of anilines is 1. The Hall–Kier alpha value is -1.88. The second-order valence-corrected chi connectivity index (χ2v) is 6.12. The number of carbonyl (C=O) groups excluding carboxylic acids is 2. The van der Waals surface area contributed by atoms with E-state index in [0.717, 1.165) is 36.9 Å². The molecule has 1 aliphatic heterocycles. The zero-order valence-corrected chi connectivity index (χ0v) is 12.8. The second kappa shape index (κ2) is 6.48. The SMILES string of the molecule is C[C@H](NC(=O)[C@@H]1CCCO1)c1ccc(NC(=O)C2CC2)cc1. The van der Waals surface area contributed by atoms with Crippen molar-refractivity contribution in [3.8, 4) is 0 Å². The van der Waals surface area contributed by atoms with Gasteiger partial charge in [-0.1, -0.05) is 12.1 Å². The Morgan fingerprint density at radius 2 is 1.86 bits per heavy atom. The van der Waals surface area contributed by atoms with Gasteiger partial charge >= 0.3 is 0 Å². The molecular formula is C17H22N2O3. The number of carbonyl (C=O) groups is 2. The minimum Gasteiger partial charge on any atom is -0.368 e. The molecule has 1 saturated carbocycles. The van der Waals surface area contributed by atoms with E-state index in [9.17, 15) is 9.59 Å². The van der Waals surface area contributed by atoms with Crippen molar-refractivity contribution in [2.45, 2.75) is 44.8 Å². The molecule has 1 aromatic carbocycles. The molecule has 2 aliphatic rings. The molecule has 0 bridgehead atoms. The molecule has 1 heterocycles. The van der Waals surface area contributed by atoms with Crippen LogP contribution in [0.15, 0.2) is 24.3 Å². The van der Waals surface area contributed by atoms with Crippen molar-refractivity contribution in [1.82, 2.24) is 5.32 Å². The van der Waals surface area contributed by atoms with Gasteiger partial charge in [-0.3, -0.25) is 9.59 Å². The Balaban J connectivity index is 1.54. The summed E-state index contributed by atoms with van der Waals surface area (Å²) in [6.45, 7) is 2.62. The van der Waals surface area contributed by atoms with Crippen LogP contribution in [0.5, 0.6) is 0 Å². The van der Waals surface area contributed by atoms with Gasteiger partial charge in [-0.2, -0.15) is 0 Å². The normalized spacial score (nSPS) is 22.1. The topological polar surface area (TPSA) is 67.4 Å². The van der Waals surface area contributed by atoms with Crippen LogP contribution in [0.3, 0.4) is 0 Å². The molecule has 1 aliphatic carbocycles. The van der Waals surface area contributed by atoms with Crippen molar-refractivity contribution in [3.05, 3.63) is 29.8 Å². The second-order valence-electron chi connectivity index (χ2n) is 6.12. The molecule has 1 saturated heterocycles. The lowest BCUT2D eigenvalue weighted by Crippen LogP contribution is -2.35. The van der Waals surface area contributed by atoms with Crippen LogP contribution >= 0.6 is 0 Å². The minimum absolute atomic E-state index is 0.0453. The Bertz CT molecular complexity index is 546. The van der Waals surface area contributed by atoms with Crippen molar-refractivity contribution >= 4 is 17.5 Å². The first-order valence-electron chi connectivity index (χ1n) is 7.96. The molecule has 3 rings (SSSR count). The number of nitrogens with one attached hydrogen (secondary N) is 2. The molecule has 5 heteroatoms. The van der Waals surface area contributed by atoms with Crippen molar-refractivity contribution in [2.75, 3.05) is 11.9 Å². The molecule has 2 fully saturated rings. The number of ether oxygens (including phenoxy) is 1. The highest BCUT2D eigenvalue weighted by Crippen LogP contribution is 2.30. The number of benzene rings is 1. The molecule has 5 nitrogen and oxygen atoms in total. The Labute approximate surface area is 130 Å². The Morgan fingerprint density at radius 1 is 1.14 bits per heavy atom. The lowest BCUT2D eigenvalue weighted by atomic mass is 10.1. The van der Waals surface area contributed by atoms with Crippen LogP contribution in [0.2, 0.25) is 0 Å². The lowest BCUT2D eigenvalue weighted by molar-refractivity contribution is -0.130. The molecule has 0 radical (unpaired) electrons. The van der Waals surface area contributed by atoms with E-state index in [1.54, 1.807) is 0 Å². The highest BCUT2D eigenvalue weighted by molar-refractivity contribution is 5.94. The molecule has 0 unspecified atom stereocenters. The zero-order chi connectivity index (χ0) is 15.5. The van der Waals surface area contributed by atoms with Crippen LogP contribution in [0, 0.1) is 5.92 Å². The largest absolute Gasteiger partial charge is 0.368 e. The summed E-state index contributed by atoms with van der Waals surface area (Å²) in [5.74, 6) is 0.257. The molecule has 2 atom stereocenters. The van der Waals surface area contributed by atoms with Gasteiger partial charge < -0.3 is 15.4 Å². The van der Waals surface area contributed by atoms with E-state index < -0.39 is 0 Å². The van der Waals surface area contributed by atoms with E-state index in [-0.39, 0.29) is 29.9 Å². The fourth-order valence-corrected chi connectivity index (χ4v) is 2.62. The first kappa shape index (κ1) is 15.0. The standard InChI is InChI=1S/C17H22N2O3/c1-11(18-17(21)15-3-2-10-22-15)12-6-8-14(9-7-12)19-16(20)13-4-5-13/h6-9,11,13,15H,2-5,10H2,1H3,(H,18,21)(H,19,20)/t11-,15-/m0/s1. The van der Waals surface area contributed by atoms with Gasteiger partial charge in [0.25, 0.3) is 0 Å². The van der Waals surface area contributed by atoms with E-state index in [1.165, 1.54) is 0 Å². The summed E-state index contributed by atoms with van der Waals surface area (Å²) in [6.07, 6.45) is 3.43. The van der Waals surface area contributed by atoms with Gasteiger partial charge in [-0.05, 0) is 50.3 Å². The third-order valence-electron chi connectivity index (χ3n) is 4.21. The maximum absolute atomic E-state index is 12.0. The lowest BCUT2D eigenvalue weighted by Gasteiger charge is -2.17. The van der Waals surface area contributed by atoms with Crippen LogP contribution in [0.4, 0.5) is 5.69 Å². The average Bonchev–Trinajstić information content (AvgIpc) is 3.22. The molecule has 1 aromatic rings.